The van der Waals surface area contributed by atoms with Gasteiger partial charge in [0.2, 0.25) is 0 Å². The largest absolute Gasteiger partial charge is 0.333 e. The van der Waals surface area contributed by atoms with E-state index in [0.717, 1.165) is 5.69 Å². The molecule has 1 N–H and O–H groups in total. The van der Waals surface area contributed by atoms with Gasteiger partial charge in [-0.25, -0.2) is 14.8 Å². The standard InChI is InChI=1S/C8H8N4OS/c1-6-4-14-7(10-6)11-8(13)12-3-2-9-5-12/h2-5H,1H3,(H,10,11,13). The minimum atomic E-state index is -0.253. The van der Waals surface area contributed by atoms with Gasteiger partial charge in [0.25, 0.3) is 0 Å². The van der Waals surface area contributed by atoms with Crippen molar-refractivity contribution in [1.29, 1.82) is 0 Å². The van der Waals surface area contributed by atoms with Gasteiger partial charge >= 0.3 is 6.03 Å². The molecular formula is C8H8N4OS. The second-order valence-corrected chi connectivity index (χ2v) is 3.55. The monoisotopic (exact) mass is 208 g/mol. The van der Waals surface area contributed by atoms with Crippen molar-refractivity contribution in [3.05, 3.63) is 29.8 Å². The predicted molar refractivity (Wildman–Crippen MR) is 53.5 cm³/mol. The van der Waals surface area contributed by atoms with Crippen LogP contribution in [0.4, 0.5) is 9.93 Å². The van der Waals surface area contributed by atoms with Crippen LogP contribution in [0.3, 0.4) is 0 Å². The zero-order chi connectivity index (χ0) is 9.97. The lowest BCUT2D eigenvalue weighted by Gasteiger charge is -1.99. The fraction of sp³-hybridized carbons (Fsp3) is 0.125. The summed E-state index contributed by atoms with van der Waals surface area (Å²) in [4.78, 5) is 19.4. The van der Waals surface area contributed by atoms with Gasteiger partial charge in [-0.05, 0) is 6.92 Å². The Morgan fingerprint density at radius 2 is 2.50 bits per heavy atom. The molecule has 14 heavy (non-hydrogen) atoms. The molecule has 0 saturated heterocycles. The number of thiazole rings is 1. The Kier molecular flexibility index (Phi) is 2.28. The summed E-state index contributed by atoms with van der Waals surface area (Å²) in [5, 5.41) is 5.13. The number of hydrogen-bond acceptors (Lipinski definition) is 4. The first kappa shape index (κ1) is 8.89. The summed E-state index contributed by atoms with van der Waals surface area (Å²) in [6.45, 7) is 1.88. The maximum atomic E-state index is 11.5. The molecule has 1 amide bonds. The van der Waals surface area contributed by atoms with Crippen LogP contribution in [0.2, 0.25) is 0 Å². The Hall–Kier alpha value is -1.69. The highest BCUT2D eigenvalue weighted by Gasteiger charge is 2.05. The lowest BCUT2D eigenvalue weighted by molar-refractivity contribution is 0.253. The second kappa shape index (κ2) is 3.59. The molecule has 2 aromatic heterocycles. The topological polar surface area (TPSA) is 59.8 Å². The second-order valence-electron chi connectivity index (χ2n) is 2.69. The van der Waals surface area contributed by atoms with E-state index < -0.39 is 0 Å². The van der Waals surface area contributed by atoms with E-state index in [1.54, 1.807) is 12.4 Å². The van der Waals surface area contributed by atoms with Crippen LogP contribution in [0.25, 0.3) is 0 Å². The van der Waals surface area contributed by atoms with Gasteiger partial charge in [0.15, 0.2) is 5.13 Å². The van der Waals surface area contributed by atoms with Crippen LogP contribution in [-0.4, -0.2) is 20.6 Å². The van der Waals surface area contributed by atoms with Crippen molar-refractivity contribution < 1.29 is 4.79 Å². The van der Waals surface area contributed by atoms with E-state index in [1.165, 1.54) is 22.2 Å². The third kappa shape index (κ3) is 1.80. The number of nitrogens with zero attached hydrogens (tertiary/aromatic N) is 3. The predicted octanol–water partition coefficient (Wildman–Crippen LogP) is 1.73. The van der Waals surface area contributed by atoms with Gasteiger partial charge < -0.3 is 0 Å². The highest BCUT2D eigenvalue weighted by Crippen LogP contribution is 2.14. The Morgan fingerprint density at radius 1 is 1.64 bits per heavy atom. The van der Waals surface area contributed by atoms with Crippen molar-refractivity contribution >= 4 is 22.5 Å². The average molecular weight is 208 g/mol. The molecule has 0 bridgehead atoms. The van der Waals surface area contributed by atoms with Crippen LogP contribution < -0.4 is 5.32 Å². The van der Waals surface area contributed by atoms with E-state index in [1.807, 2.05) is 12.3 Å². The maximum Gasteiger partial charge on any atom is 0.333 e. The summed E-state index contributed by atoms with van der Waals surface area (Å²) in [6.07, 6.45) is 4.57. The molecule has 0 aliphatic rings. The number of aromatic nitrogens is 3. The summed E-state index contributed by atoms with van der Waals surface area (Å²) in [6, 6.07) is -0.253. The molecule has 5 nitrogen and oxygen atoms in total. The normalized spacial score (nSPS) is 10.1. The Bertz CT molecular complexity index is 434. The van der Waals surface area contributed by atoms with Gasteiger partial charge in [0.1, 0.15) is 6.33 Å². The lowest BCUT2D eigenvalue weighted by atomic mass is 10.6. The third-order valence-electron chi connectivity index (χ3n) is 1.57. The van der Waals surface area contributed by atoms with Crippen molar-refractivity contribution in [2.75, 3.05) is 5.32 Å². The molecule has 2 heterocycles. The zero-order valence-electron chi connectivity index (χ0n) is 7.47. The quantitative estimate of drug-likeness (QED) is 0.776. The Labute approximate surface area is 84.4 Å². The maximum absolute atomic E-state index is 11.5. The Balaban J connectivity index is 2.09. The Morgan fingerprint density at radius 3 is 3.07 bits per heavy atom. The van der Waals surface area contributed by atoms with E-state index in [2.05, 4.69) is 15.3 Å². The summed E-state index contributed by atoms with van der Waals surface area (Å²) < 4.78 is 1.36. The SMILES string of the molecule is Cc1csc(NC(=O)n2ccnc2)n1. The van der Waals surface area contributed by atoms with Gasteiger partial charge in [-0.3, -0.25) is 9.88 Å². The smallest absolute Gasteiger partial charge is 0.283 e. The van der Waals surface area contributed by atoms with Crippen molar-refractivity contribution in [3.8, 4) is 0 Å². The molecule has 2 rings (SSSR count). The van der Waals surface area contributed by atoms with E-state index in [0.29, 0.717) is 5.13 Å². The molecule has 0 aliphatic heterocycles. The van der Waals surface area contributed by atoms with Crippen LogP contribution in [-0.2, 0) is 0 Å². The van der Waals surface area contributed by atoms with Crippen molar-refractivity contribution in [1.82, 2.24) is 14.5 Å². The number of carbonyl (C=O) groups excluding carboxylic acids is 1. The van der Waals surface area contributed by atoms with Crippen molar-refractivity contribution in [3.63, 3.8) is 0 Å². The molecular weight excluding hydrogens is 200 g/mol. The van der Waals surface area contributed by atoms with Gasteiger partial charge in [-0.2, -0.15) is 0 Å². The number of carbonyl (C=O) groups is 1. The number of hydrogen-bond donors (Lipinski definition) is 1. The molecule has 0 atom stereocenters. The number of nitrogens with one attached hydrogen (secondary N) is 1. The minimum absolute atomic E-state index is 0.253. The van der Waals surface area contributed by atoms with Crippen LogP contribution in [0, 0.1) is 6.92 Å². The lowest BCUT2D eigenvalue weighted by Crippen LogP contribution is -2.17. The van der Waals surface area contributed by atoms with Crippen LogP contribution in [0.1, 0.15) is 5.69 Å². The molecule has 0 saturated carbocycles. The van der Waals surface area contributed by atoms with E-state index >= 15 is 0 Å². The first-order chi connectivity index (χ1) is 6.75. The minimum Gasteiger partial charge on any atom is -0.283 e. The summed E-state index contributed by atoms with van der Waals surface area (Å²) >= 11 is 1.40. The number of anilines is 1. The molecule has 0 aliphatic carbocycles. The molecule has 2 aromatic rings. The highest BCUT2D eigenvalue weighted by atomic mass is 32.1. The van der Waals surface area contributed by atoms with Crippen LogP contribution >= 0.6 is 11.3 Å². The van der Waals surface area contributed by atoms with Gasteiger partial charge in [-0.1, -0.05) is 0 Å². The molecule has 0 fully saturated rings. The number of imidazole rings is 1. The molecule has 6 heteroatoms. The molecule has 0 unspecified atom stereocenters. The fourth-order valence-electron chi connectivity index (χ4n) is 0.947. The number of amides is 1. The summed E-state index contributed by atoms with van der Waals surface area (Å²) in [7, 11) is 0. The summed E-state index contributed by atoms with van der Waals surface area (Å²) in [5.74, 6) is 0. The molecule has 0 spiro atoms. The molecule has 0 radical (unpaired) electrons. The van der Waals surface area contributed by atoms with E-state index in [-0.39, 0.29) is 6.03 Å². The number of aryl methyl sites for hydroxylation is 1. The van der Waals surface area contributed by atoms with Crippen LogP contribution in [0.5, 0.6) is 0 Å². The van der Waals surface area contributed by atoms with E-state index in [4.69, 9.17) is 0 Å². The fourth-order valence-corrected chi connectivity index (χ4v) is 1.62. The van der Waals surface area contributed by atoms with Gasteiger partial charge in [-0.15, -0.1) is 11.3 Å². The van der Waals surface area contributed by atoms with E-state index in [9.17, 15) is 4.79 Å². The van der Waals surface area contributed by atoms with Gasteiger partial charge in [0.05, 0.1) is 5.69 Å². The average Bonchev–Trinajstić information content (AvgIpc) is 2.75. The van der Waals surface area contributed by atoms with Crippen molar-refractivity contribution in [2.24, 2.45) is 0 Å². The third-order valence-corrected chi connectivity index (χ3v) is 2.45. The highest BCUT2D eigenvalue weighted by molar-refractivity contribution is 7.13. The first-order valence-corrected chi connectivity index (χ1v) is 4.85. The van der Waals surface area contributed by atoms with Gasteiger partial charge in [0, 0.05) is 17.8 Å². The zero-order valence-corrected chi connectivity index (χ0v) is 8.28. The summed E-state index contributed by atoms with van der Waals surface area (Å²) in [5.41, 5.74) is 0.899. The first-order valence-electron chi connectivity index (χ1n) is 3.97. The van der Waals surface area contributed by atoms with Crippen molar-refractivity contribution in [2.45, 2.75) is 6.92 Å². The number of rotatable bonds is 1. The molecule has 72 valence electrons. The molecule has 0 aromatic carbocycles. The van der Waals surface area contributed by atoms with Crippen LogP contribution in [0.15, 0.2) is 24.1 Å².